The van der Waals surface area contributed by atoms with Gasteiger partial charge in [0.15, 0.2) is 5.82 Å². The zero-order valence-electron chi connectivity index (χ0n) is 19.9. The number of carboxylic acids is 1. The van der Waals surface area contributed by atoms with Crippen LogP contribution in [0.25, 0.3) is 11.4 Å². The number of alkyl halides is 3. The van der Waals surface area contributed by atoms with E-state index in [0.717, 1.165) is 43.4 Å². The molecule has 0 radical (unpaired) electrons. The van der Waals surface area contributed by atoms with E-state index in [-0.39, 0.29) is 24.9 Å². The standard InChI is InChI=1S/C26H26F3N5O3/c27-26(28,29)20-8-5-18(6-9-20)24-32-13-17(14-33-24)16-34(21-3-1-2-4-21)22-10-7-19(15-31-22)25(37)30-12-11-23(35)36/h5-10,13-15,21H,1-4,11-12,16H2,(H,30,37)(H,35,36). The number of amides is 1. The van der Waals surface area contributed by atoms with Gasteiger partial charge in [0.1, 0.15) is 5.82 Å². The molecule has 0 saturated heterocycles. The predicted molar refractivity (Wildman–Crippen MR) is 130 cm³/mol. The lowest BCUT2D eigenvalue weighted by Crippen LogP contribution is -2.33. The second-order valence-electron chi connectivity index (χ2n) is 8.86. The molecular formula is C26H26F3N5O3. The van der Waals surface area contributed by atoms with E-state index in [1.807, 2.05) is 0 Å². The molecule has 0 spiro atoms. The Labute approximate surface area is 211 Å². The van der Waals surface area contributed by atoms with Gasteiger partial charge in [0.25, 0.3) is 5.91 Å². The highest BCUT2D eigenvalue weighted by atomic mass is 19.4. The number of aromatic nitrogens is 3. The smallest absolute Gasteiger partial charge is 0.416 e. The molecule has 0 unspecified atom stereocenters. The molecular weight excluding hydrogens is 487 g/mol. The number of pyridine rings is 1. The van der Waals surface area contributed by atoms with Crippen LogP contribution in [0.1, 0.15) is 53.6 Å². The molecule has 0 atom stereocenters. The van der Waals surface area contributed by atoms with Gasteiger partial charge in [-0.25, -0.2) is 15.0 Å². The van der Waals surface area contributed by atoms with E-state index in [1.165, 1.54) is 18.3 Å². The van der Waals surface area contributed by atoms with Crippen molar-refractivity contribution in [3.05, 3.63) is 71.7 Å². The van der Waals surface area contributed by atoms with E-state index in [0.29, 0.717) is 29.3 Å². The Morgan fingerprint density at radius 2 is 1.65 bits per heavy atom. The summed E-state index contributed by atoms with van der Waals surface area (Å²) in [6, 6.07) is 8.41. The van der Waals surface area contributed by atoms with Crippen LogP contribution in [-0.4, -0.2) is 44.5 Å². The third-order valence-electron chi connectivity index (χ3n) is 6.22. The van der Waals surface area contributed by atoms with Crippen molar-refractivity contribution in [2.24, 2.45) is 0 Å². The number of carbonyl (C=O) groups excluding carboxylic acids is 1. The molecule has 2 heterocycles. The first-order chi connectivity index (χ1) is 17.7. The topological polar surface area (TPSA) is 108 Å². The molecule has 2 N–H and O–H groups in total. The minimum Gasteiger partial charge on any atom is -0.481 e. The van der Waals surface area contributed by atoms with Crippen LogP contribution in [0.4, 0.5) is 19.0 Å². The van der Waals surface area contributed by atoms with Crippen LogP contribution < -0.4 is 10.2 Å². The van der Waals surface area contributed by atoms with Gasteiger partial charge in [-0.2, -0.15) is 13.2 Å². The van der Waals surface area contributed by atoms with Crippen LogP contribution in [0, 0.1) is 0 Å². The summed E-state index contributed by atoms with van der Waals surface area (Å²) in [6.07, 6.45) is 4.45. The minimum absolute atomic E-state index is 0.0343. The fourth-order valence-electron chi connectivity index (χ4n) is 4.28. The Bertz CT molecular complexity index is 1210. The van der Waals surface area contributed by atoms with E-state index in [2.05, 4.69) is 25.2 Å². The molecule has 37 heavy (non-hydrogen) atoms. The summed E-state index contributed by atoms with van der Waals surface area (Å²) in [5.74, 6) is -0.348. The maximum Gasteiger partial charge on any atom is 0.416 e. The summed E-state index contributed by atoms with van der Waals surface area (Å²) >= 11 is 0. The van der Waals surface area contributed by atoms with E-state index >= 15 is 0 Å². The van der Waals surface area contributed by atoms with Crippen molar-refractivity contribution in [1.29, 1.82) is 0 Å². The van der Waals surface area contributed by atoms with Crippen molar-refractivity contribution in [1.82, 2.24) is 20.3 Å². The third kappa shape index (κ3) is 6.81. The average Bonchev–Trinajstić information content (AvgIpc) is 3.42. The number of halogens is 3. The van der Waals surface area contributed by atoms with E-state index in [9.17, 15) is 22.8 Å². The Balaban J connectivity index is 1.46. The number of anilines is 1. The van der Waals surface area contributed by atoms with Gasteiger partial charge < -0.3 is 15.3 Å². The predicted octanol–water partition coefficient (Wildman–Crippen LogP) is 4.71. The number of hydrogen-bond donors (Lipinski definition) is 2. The molecule has 3 aromatic rings. The molecule has 0 aliphatic heterocycles. The van der Waals surface area contributed by atoms with Crippen molar-refractivity contribution in [2.75, 3.05) is 11.4 Å². The first kappa shape index (κ1) is 26.1. The van der Waals surface area contributed by atoms with Crippen LogP contribution in [-0.2, 0) is 17.5 Å². The number of carbonyl (C=O) groups is 2. The summed E-state index contributed by atoms with van der Waals surface area (Å²) in [5, 5.41) is 11.3. The highest BCUT2D eigenvalue weighted by Gasteiger charge is 2.30. The number of nitrogens with zero attached hydrogens (tertiary/aromatic N) is 4. The molecule has 194 valence electrons. The number of benzene rings is 1. The molecule has 1 amide bonds. The summed E-state index contributed by atoms with van der Waals surface area (Å²) in [4.78, 5) is 38.2. The van der Waals surface area contributed by atoms with Crippen molar-refractivity contribution >= 4 is 17.7 Å². The second-order valence-corrected chi connectivity index (χ2v) is 8.86. The van der Waals surface area contributed by atoms with Crippen LogP contribution in [0.2, 0.25) is 0 Å². The molecule has 1 aliphatic rings. The lowest BCUT2D eigenvalue weighted by atomic mass is 10.1. The molecule has 4 rings (SSSR count). The maximum absolute atomic E-state index is 12.8. The van der Waals surface area contributed by atoms with Crippen molar-refractivity contribution < 1.29 is 27.9 Å². The Hall–Kier alpha value is -4.02. The molecule has 8 nitrogen and oxygen atoms in total. The molecule has 11 heteroatoms. The van der Waals surface area contributed by atoms with Gasteiger partial charge in [0.05, 0.1) is 17.5 Å². The normalized spacial score (nSPS) is 13.9. The first-order valence-electron chi connectivity index (χ1n) is 11.9. The summed E-state index contributed by atoms with van der Waals surface area (Å²) in [6.45, 7) is 0.516. The van der Waals surface area contributed by atoms with Crippen LogP contribution in [0.15, 0.2) is 55.0 Å². The van der Waals surface area contributed by atoms with E-state index in [4.69, 9.17) is 5.11 Å². The van der Waals surface area contributed by atoms with Crippen molar-refractivity contribution in [3.8, 4) is 11.4 Å². The first-order valence-corrected chi connectivity index (χ1v) is 11.9. The van der Waals surface area contributed by atoms with Crippen LogP contribution in [0.3, 0.4) is 0 Å². The number of hydrogen-bond acceptors (Lipinski definition) is 6. The minimum atomic E-state index is -4.40. The number of aliphatic carboxylic acids is 1. The van der Waals surface area contributed by atoms with Gasteiger partial charge in [-0.05, 0) is 37.1 Å². The van der Waals surface area contributed by atoms with Crippen molar-refractivity contribution in [3.63, 3.8) is 0 Å². The van der Waals surface area contributed by atoms with Gasteiger partial charge in [-0.3, -0.25) is 9.59 Å². The fraction of sp³-hybridized carbons (Fsp3) is 0.346. The molecule has 1 fully saturated rings. The van der Waals surface area contributed by atoms with E-state index < -0.39 is 17.7 Å². The van der Waals surface area contributed by atoms with Gasteiger partial charge in [0.2, 0.25) is 0 Å². The summed E-state index contributed by atoms with van der Waals surface area (Å²) in [7, 11) is 0. The SMILES string of the molecule is O=C(O)CCNC(=O)c1ccc(N(Cc2cnc(-c3ccc(C(F)(F)F)cc3)nc2)C2CCCC2)nc1. The quantitative estimate of drug-likeness (QED) is 0.427. The number of nitrogens with one attached hydrogen (secondary N) is 1. The van der Waals surface area contributed by atoms with Gasteiger partial charge in [-0.1, -0.05) is 25.0 Å². The summed E-state index contributed by atoms with van der Waals surface area (Å²) in [5.41, 5.74) is 0.923. The Morgan fingerprint density at radius 1 is 0.973 bits per heavy atom. The third-order valence-corrected chi connectivity index (χ3v) is 6.22. The van der Waals surface area contributed by atoms with Gasteiger partial charge in [-0.15, -0.1) is 0 Å². The zero-order chi connectivity index (χ0) is 26.4. The fourth-order valence-corrected chi connectivity index (χ4v) is 4.28. The molecule has 1 aromatic carbocycles. The Kier molecular flexibility index (Phi) is 8.00. The van der Waals surface area contributed by atoms with Gasteiger partial charge in [0, 0.05) is 48.8 Å². The molecule has 2 aromatic heterocycles. The average molecular weight is 514 g/mol. The molecule has 1 aliphatic carbocycles. The number of rotatable bonds is 9. The zero-order valence-corrected chi connectivity index (χ0v) is 19.9. The summed E-state index contributed by atoms with van der Waals surface area (Å²) < 4.78 is 38.5. The highest BCUT2D eigenvalue weighted by molar-refractivity contribution is 5.94. The second kappa shape index (κ2) is 11.4. The highest BCUT2D eigenvalue weighted by Crippen LogP contribution is 2.31. The number of carboxylic acid groups (broad SMARTS) is 1. The Morgan fingerprint density at radius 3 is 2.22 bits per heavy atom. The van der Waals surface area contributed by atoms with Crippen LogP contribution in [0.5, 0.6) is 0 Å². The molecule has 0 bridgehead atoms. The molecule has 1 saturated carbocycles. The van der Waals surface area contributed by atoms with E-state index in [1.54, 1.807) is 24.5 Å². The maximum atomic E-state index is 12.8. The van der Waals surface area contributed by atoms with Gasteiger partial charge >= 0.3 is 12.1 Å². The lowest BCUT2D eigenvalue weighted by Gasteiger charge is -2.30. The van der Waals surface area contributed by atoms with Crippen LogP contribution >= 0.6 is 0 Å². The van der Waals surface area contributed by atoms with Crippen molar-refractivity contribution in [2.45, 2.75) is 50.9 Å². The monoisotopic (exact) mass is 513 g/mol. The largest absolute Gasteiger partial charge is 0.481 e. The lowest BCUT2D eigenvalue weighted by molar-refractivity contribution is -0.138.